The fourth-order valence-electron chi connectivity index (χ4n) is 3.10. The zero-order valence-corrected chi connectivity index (χ0v) is 16.1. The average molecular weight is 392 g/mol. The van der Waals surface area contributed by atoms with Gasteiger partial charge in [0.05, 0.1) is 11.6 Å². The summed E-state index contributed by atoms with van der Waals surface area (Å²) in [5, 5.41) is 0.0838. The van der Waals surface area contributed by atoms with Crippen molar-refractivity contribution in [3.63, 3.8) is 0 Å². The molecule has 2 aromatic rings. The monoisotopic (exact) mass is 391 g/mol. The molecule has 0 aliphatic carbocycles. The summed E-state index contributed by atoms with van der Waals surface area (Å²) in [4.78, 5) is 22.8. The van der Waals surface area contributed by atoms with Gasteiger partial charge in [-0.1, -0.05) is 24.6 Å². The molecular weight excluding hydrogens is 369 g/mol. The number of nitrogens with zero attached hydrogens (tertiary/aromatic N) is 3. The van der Waals surface area contributed by atoms with E-state index in [-0.39, 0.29) is 17.0 Å². The Balaban J connectivity index is 1.51. The predicted molar refractivity (Wildman–Crippen MR) is 101 cm³/mol. The van der Waals surface area contributed by atoms with Crippen molar-refractivity contribution in [3.8, 4) is 6.01 Å². The number of aryl methyl sites for hydroxylation is 2. The number of likely N-dealkylation sites (tertiary alicyclic amines) is 1. The zero-order valence-electron chi connectivity index (χ0n) is 15.3. The Bertz CT molecular complexity index is 785. The molecule has 2 heterocycles. The molecule has 5 nitrogen and oxygen atoms in total. The maximum atomic E-state index is 13.2. The van der Waals surface area contributed by atoms with Crippen molar-refractivity contribution in [2.24, 2.45) is 0 Å². The number of piperidine rings is 1. The van der Waals surface area contributed by atoms with Gasteiger partial charge in [0.15, 0.2) is 0 Å². The van der Waals surface area contributed by atoms with Gasteiger partial charge in [-0.25, -0.2) is 14.4 Å². The summed E-state index contributed by atoms with van der Waals surface area (Å²) in [6, 6.07) is 4.92. The van der Waals surface area contributed by atoms with Gasteiger partial charge in [0.1, 0.15) is 11.9 Å². The summed E-state index contributed by atoms with van der Waals surface area (Å²) in [6.45, 7) is 3.30. The van der Waals surface area contributed by atoms with Crippen LogP contribution in [0.25, 0.3) is 0 Å². The molecular formula is C20H23ClFN3O2. The topological polar surface area (TPSA) is 55.3 Å². The van der Waals surface area contributed by atoms with Crippen LogP contribution in [0.5, 0.6) is 6.01 Å². The second kappa shape index (κ2) is 9.13. The predicted octanol–water partition coefficient (Wildman–Crippen LogP) is 3.83. The van der Waals surface area contributed by atoms with Crippen LogP contribution in [0, 0.1) is 5.82 Å². The largest absolute Gasteiger partial charge is 0.458 e. The molecule has 1 atom stereocenters. The number of hydrogen-bond donors (Lipinski definition) is 0. The summed E-state index contributed by atoms with van der Waals surface area (Å²) < 4.78 is 19.1. The average Bonchev–Trinajstić information content (AvgIpc) is 2.69. The van der Waals surface area contributed by atoms with Gasteiger partial charge in [-0.3, -0.25) is 4.79 Å². The van der Waals surface area contributed by atoms with Gasteiger partial charge in [0.2, 0.25) is 5.91 Å². The molecule has 0 saturated carbocycles. The smallest absolute Gasteiger partial charge is 0.316 e. The number of ether oxygens (including phenoxy) is 1. The van der Waals surface area contributed by atoms with Crippen molar-refractivity contribution in [2.75, 3.05) is 13.1 Å². The first-order valence-corrected chi connectivity index (χ1v) is 9.62. The summed E-state index contributed by atoms with van der Waals surface area (Å²) in [6.07, 6.45) is 6.95. The van der Waals surface area contributed by atoms with Gasteiger partial charge >= 0.3 is 6.01 Å². The second-order valence-corrected chi connectivity index (χ2v) is 7.10. The second-order valence-electron chi connectivity index (χ2n) is 6.70. The first kappa shape index (κ1) is 19.5. The minimum atomic E-state index is -0.447. The number of benzene rings is 1. The van der Waals surface area contributed by atoms with Crippen molar-refractivity contribution in [3.05, 3.63) is 52.6 Å². The van der Waals surface area contributed by atoms with Crippen LogP contribution in [0.15, 0.2) is 30.6 Å². The van der Waals surface area contributed by atoms with E-state index < -0.39 is 5.82 Å². The number of halogens is 2. The molecule has 7 heteroatoms. The summed E-state index contributed by atoms with van der Waals surface area (Å²) in [5.41, 5.74) is 1.91. The fourth-order valence-corrected chi connectivity index (χ4v) is 3.30. The van der Waals surface area contributed by atoms with Crippen LogP contribution < -0.4 is 4.74 Å². The Kier molecular flexibility index (Phi) is 6.61. The maximum Gasteiger partial charge on any atom is 0.316 e. The molecule has 1 aliphatic heterocycles. The highest BCUT2D eigenvalue weighted by atomic mass is 35.5. The lowest BCUT2D eigenvalue weighted by molar-refractivity contribution is -0.133. The molecule has 0 N–H and O–H groups in total. The molecule has 1 aromatic carbocycles. The van der Waals surface area contributed by atoms with Crippen LogP contribution in [0.2, 0.25) is 5.02 Å². The summed E-state index contributed by atoms with van der Waals surface area (Å²) in [5.74, 6) is -0.386. The highest BCUT2D eigenvalue weighted by Crippen LogP contribution is 2.19. The Morgan fingerprint density at radius 1 is 1.33 bits per heavy atom. The van der Waals surface area contributed by atoms with Gasteiger partial charge in [-0.05, 0) is 48.9 Å². The molecule has 0 radical (unpaired) electrons. The van der Waals surface area contributed by atoms with E-state index in [1.165, 1.54) is 6.07 Å². The first-order valence-electron chi connectivity index (χ1n) is 9.24. The van der Waals surface area contributed by atoms with Gasteiger partial charge in [-0.15, -0.1) is 0 Å². The molecule has 0 spiro atoms. The van der Waals surface area contributed by atoms with E-state index in [1.54, 1.807) is 24.5 Å². The Labute approximate surface area is 163 Å². The lowest BCUT2D eigenvalue weighted by atomic mass is 10.1. The van der Waals surface area contributed by atoms with Crippen LogP contribution >= 0.6 is 11.6 Å². The molecule has 1 amide bonds. The third-order valence-corrected chi connectivity index (χ3v) is 4.99. The number of amides is 1. The minimum Gasteiger partial charge on any atom is -0.458 e. The summed E-state index contributed by atoms with van der Waals surface area (Å²) in [7, 11) is 0. The van der Waals surface area contributed by atoms with Crippen LogP contribution in [0.3, 0.4) is 0 Å². The minimum absolute atomic E-state index is 0.0611. The van der Waals surface area contributed by atoms with E-state index in [0.717, 1.165) is 36.9 Å². The lowest BCUT2D eigenvalue weighted by Gasteiger charge is -2.32. The van der Waals surface area contributed by atoms with Gasteiger partial charge in [0, 0.05) is 25.4 Å². The Hall–Kier alpha value is -2.21. The zero-order chi connectivity index (χ0) is 19.2. The third kappa shape index (κ3) is 5.39. The maximum absolute atomic E-state index is 13.2. The van der Waals surface area contributed by atoms with E-state index >= 15 is 0 Å². The lowest BCUT2D eigenvalue weighted by Crippen LogP contribution is -2.44. The van der Waals surface area contributed by atoms with Gasteiger partial charge < -0.3 is 9.64 Å². The van der Waals surface area contributed by atoms with Crippen molar-refractivity contribution >= 4 is 17.5 Å². The number of hydrogen-bond acceptors (Lipinski definition) is 4. The number of rotatable bonds is 6. The van der Waals surface area contributed by atoms with Crippen LogP contribution in [0.1, 0.15) is 37.3 Å². The third-order valence-electron chi connectivity index (χ3n) is 4.70. The normalized spacial score (nSPS) is 17.0. The molecule has 1 saturated heterocycles. The van der Waals surface area contributed by atoms with E-state index in [9.17, 15) is 9.18 Å². The number of carbonyl (C=O) groups is 1. The molecule has 0 bridgehead atoms. The molecule has 1 aliphatic rings. The van der Waals surface area contributed by atoms with Gasteiger partial charge in [-0.2, -0.15) is 0 Å². The number of aromatic nitrogens is 2. The molecule has 27 heavy (non-hydrogen) atoms. The Morgan fingerprint density at radius 2 is 2.11 bits per heavy atom. The van der Waals surface area contributed by atoms with Crippen LogP contribution in [-0.4, -0.2) is 40.0 Å². The number of carbonyl (C=O) groups excluding carboxylic acids is 1. The van der Waals surface area contributed by atoms with Crippen molar-refractivity contribution < 1.29 is 13.9 Å². The Morgan fingerprint density at radius 3 is 2.81 bits per heavy atom. The standard InChI is InChI=1S/C20H23ClFN3O2/c1-2-14-11-23-20(24-12-14)27-16-4-3-9-25(13-16)19(26)8-6-15-5-7-18(22)17(21)10-15/h5,7,10-12,16H,2-4,6,8-9,13H2,1H3. The fraction of sp³-hybridized carbons (Fsp3) is 0.450. The molecule has 1 fully saturated rings. The van der Waals surface area contributed by atoms with Crippen molar-refractivity contribution in [1.82, 2.24) is 14.9 Å². The van der Waals surface area contributed by atoms with E-state index in [1.807, 2.05) is 11.8 Å². The van der Waals surface area contributed by atoms with Crippen LogP contribution in [0.4, 0.5) is 4.39 Å². The highest BCUT2D eigenvalue weighted by molar-refractivity contribution is 6.30. The van der Waals surface area contributed by atoms with E-state index in [2.05, 4.69) is 9.97 Å². The van der Waals surface area contributed by atoms with Crippen molar-refractivity contribution in [2.45, 2.75) is 45.1 Å². The van der Waals surface area contributed by atoms with Crippen LogP contribution in [-0.2, 0) is 17.6 Å². The van der Waals surface area contributed by atoms with E-state index in [0.29, 0.717) is 25.4 Å². The molecule has 144 valence electrons. The van der Waals surface area contributed by atoms with Crippen molar-refractivity contribution in [1.29, 1.82) is 0 Å². The first-order chi connectivity index (χ1) is 13.0. The highest BCUT2D eigenvalue weighted by Gasteiger charge is 2.25. The molecule has 3 rings (SSSR count). The summed E-state index contributed by atoms with van der Waals surface area (Å²) >= 11 is 5.79. The molecule has 1 aromatic heterocycles. The SMILES string of the molecule is CCc1cnc(OC2CCCN(C(=O)CCc3ccc(F)c(Cl)c3)C2)nc1. The molecule has 1 unspecified atom stereocenters. The van der Waals surface area contributed by atoms with E-state index in [4.69, 9.17) is 16.3 Å². The quantitative estimate of drug-likeness (QED) is 0.750. The van der Waals surface area contributed by atoms with Gasteiger partial charge in [0.25, 0.3) is 0 Å².